The minimum Gasteiger partial charge on any atom is -0.377 e. The molecule has 1 aliphatic heterocycles. The Kier molecular flexibility index (Phi) is 4.21. The van der Waals surface area contributed by atoms with E-state index < -0.39 is 0 Å². The van der Waals surface area contributed by atoms with Crippen molar-refractivity contribution in [1.29, 1.82) is 0 Å². The summed E-state index contributed by atoms with van der Waals surface area (Å²) in [6.45, 7) is 1.39. The third-order valence-corrected chi connectivity index (χ3v) is 4.08. The Morgan fingerprint density at radius 2 is 1.88 bits per heavy atom. The Morgan fingerprint density at radius 1 is 0.958 bits per heavy atom. The number of anilines is 2. The highest BCUT2D eigenvalue weighted by Gasteiger charge is 2.06. The highest BCUT2D eigenvalue weighted by Crippen LogP contribution is 2.22. The Bertz CT molecular complexity index is 848. The van der Waals surface area contributed by atoms with Crippen molar-refractivity contribution in [3.63, 3.8) is 0 Å². The molecule has 4 heteroatoms. The lowest BCUT2D eigenvalue weighted by Gasteiger charge is -2.08. The van der Waals surface area contributed by atoms with Crippen LogP contribution in [0.2, 0.25) is 0 Å². The standard InChI is InChI=1S/C20H19N3O/c1-5-16-12-17(7-1)19-9-10-21-20(23-19)22-18-8-2-4-15(13-18)6-3-11-24-14-16/h1-2,4-5,7-10,12-13H,3,6,11,14H2,(H,21,22,23). The summed E-state index contributed by atoms with van der Waals surface area (Å²) in [6.07, 6.45) is 3.79. The fourth-order valence-corrected chi connectivity index (χ4v) is 2.90. The summed E-state index contributed by atoms with van der Waals surface area (Å²) in [4.78, 5) is 8.99. The van der Waals surface area contributed by atoms with E-state index in [1.54, 1.807) is 6.20 Å². The topological polar surface area (TPSA) is 47.0 Å². The van der Waals surface area contributed by atoms with Crippen LogP contribution in [0.25, 0.3) is 11.3 Å². The summed E-state index contributed by atoms with van der Waals surface area (Å²) in [7, 11) is 0. The van der Waals surface area contributed by atoms with Crippen LogP contribution in [0.5, 0.6) is 0 Å². The van der Waals surface area contributed by atoms with Gasteiger partial charge in [-0.25, -0.2) is 9.97 Å². The molecule has 24 heavy (non-hydrogen) atoms. The van der Waals surface area contributed by atoms with Gasteiger partial charge in [0.25, 0.3) is 0 Å². The maximum absolute atomic E-state index is 5.83. The van der Waals surface area contributed by atoms with Crippen LogP contribution in [0.3, 0.4) is 0 Å². The monoisotopic (exact) mass is 317 g/mol. The van der Waals surface area contributed by atoms with Crippen LogP contribution >= 0.6 is 0 Å². The van der Waals surface area contributed by atoms with Crippen LogP contribution in [-0.2, 0) is 17.8 Å². The van der Waals surface area contributed by atoms with Crippen molar-refractivity contribution in [1.82, 2.24) is 9.97 Å². The third kappa shape index (κ3) is 3.44. The summed E-state index contributed by atoms with van der Waals surface area (Å²) in [5.41, 5.74) is 5.44. The second-order valence-corrected chi connectivity index (χ2v) is 5.95. The molecule has 2 heterocycles. The number of nitrogens with zero attached hydrogens (tertiary/aromatic N) is 2. The normalized spacial score (nSPS) is 14.2. The van der Waals surface area contributed by atoms with Crippen molar-refractivity contribution in [2.75, 3.05) is 11.9 Å². The molecule has 0 fully saturated rings. The van der Waals surface area contributed by atoms with E-state index in [-0.39, 0.29) is 0 Å². The Balaban J connectivity index is 1.73. The maximum Gasteiger partial charge on any atom is 0.227 e. The van der Waals surface area contributed by atoms with Crippen LogP contribution in [0.4, 0.5) is 11.6 Å². The number of aromatic nitrogens is 2. The maximum atomic E-state index is 5.83. The molecular weight excluding hydrogens is 298 g/mol. The van der Waals surface area contributed by atoms with E-state index >= 15 is 0 Å². The summed E-state index contributed by atoms with van der Waals surface area (Å²) < 4.78 is 5.83. The smallest absolute Gasteiger partial charge is 0.227 e. The number of nitrogens with one attached hydrogen (secondary N) is 1. The van der Waals surface area contributed by atoms with Gasteiger partial charge in [-0.05, 0) is 48.2 Å². The Labute approximate surface area is 141 Å². The molecule has 1 aromatic heterocycles. The van der Waals surface area contributed by atoms with Gasteiger partial charge in [-0.2, -0.15) is 0 Å². The average Bonchev–Trinajstić information content (AvgIpc) is 2.62. The molecule has 0 atom stereocenters. The number of benzene rings is 2. The van der Waals surface area contributed by atoms with Crippen molar-refractivity contribution >= 4 is 11.6 Å². The molecule has 0 amide bonds. The lowest BCUT2D eigenvalue weighted by Crippen LogP contribution is -1.99. The van der Waals surface area contributed by atoms with Gasteiger partial charge in [0, 0.05) is 24.1 Å². The van der Waals surface area contributed by atoms with Crippen LogP contribution in [0.1, 0.15) is 17.5 Å². The number of fused-ring (bicyclic) bond motifs is 7. The average molecular weight is 317 g/mol. The summed E-state index contributed by atoms with van der Waals surface area (Å²) in [6, 6.07) is 18.6. The molecule has 0 radical (unpaired) electrons. The van der Waals surface area contributed by atoms with E-state index in [0.29, 0.717) is 12.6 Å². The number of hydrogen-bond donors (Lipinski definition) is 1. The molecule has 120 valence electrons. The Morgan fingerprint density at radius 3 is 2.88 bits per heavy atom. The van der Waals surface area contributed by atoms with Crippen molar-refractivity contribution in [2.45, 2.75) is 19.4 Å². The van der Waals surface area contributed by atoms with Gasteiger partial charge in [-0.1, -0.05) is 30.3 Å². The van der Waals surface area contributed by atoms with Crippen LogP contribution in [0, 0.1) is 0 Å². The molecule has 4 nitrogen and oxygen atoms in total. The van der Waals surface area contributed by atoms with Gasteiger partial charge in [-0.15, -0.1) is 0 Å². The zero-order valence-corrected chi connectivity index (χ0v) is 13.4. The molecule has 4 rings (SSSR count). The molecule has 0 saturated heterocycles. The molecule has 2 aromatic carbocycles. The third-order valence-electron chi connectivity index (χ3n) is 4.08. The van der Waals surface area contributed by atoms with Crippen molar-refractivity contribution < 1.29 is 4.74 Å². The van der Waals surface area contributed by atoms with Gasteiger partial charge in [-0.3, -0.25) is 0 Å². The number of ether oxygens (including phenoxy) is 1. The summed E-state index contributed by atoms with van der Waals surface area (Å²) in [5, 5.41) is 3.31. The van der Waals surface area contributed by atoms with Crippen LogP contribution in [0.15, 0.2) is 60.8 Å². The summed E-state index contributed by atoms with van der Waals surface area (Å²) in [5.74, 6) is 0.612. The van der Waals surface area contributed by atoms with Crippen molar-refractivity contribution in [3.05, 3.63) is 71.9 Å². The van der Waals surface area contributed by atoms with E-state index in [0.717, 1.165) is 42.0 Å². The molecule has 0 unspecified atom stereocenters. The second kappa shape index (κ2) is 6.81. The fourth-order valence-electron chi connectivity index (χ4n) is 2.90. The molecule has 0 aliphatic carbocycles. The van der Waals surface area contributed by atoms with Gasteiger partial charge < -0.3 is 10.1 Å². The first-order valence-electron chi connectivity index (χ1n) is 8.23. The quantitative estimate of drug-likeness (QED) is 0.669. The van der Waals surface area contributed by atoms with Crippen molar-refractivity contribution in [2.24, 2.45) is 0 Å². The van der Waals surface area contributed by atoms with Crippen molar-refractivity contribution in [3.8, 4) is 11.3 Å². The first-order valence-corrected chi connectivity index (χ1v) is 8.23. The second-order valence-electron chi connectivity index (χ2n) is 5.95. The van der Waals surface area contributed by atoms with E-state index in [1.807, 2.05) is 18.2 Å². The van der Waals surface area contributed by atoms with Crippen LogP contribution < -0.4 is 5.32 Å². The van der Waals surface area contributed by atoms with Gasteiger partial charge in [0.05, 0.1) is 12.3 Å². The largest absolute Gasteiger partial charge is 0.377 e. The first kappa shape index (κ1) is 14.8. The van der Waals surface area contributed by atoms with E-state index in [4.69, 9.17) is 4.74 Å². The fraction of sp³-hybridized carbons (Fsp3) is 0.200. The number of aryl methyl sites for hydroxylation is 1. The zero-order valence-electron chi connectivity index (χ0n) is 13.4. The molecule has 0 spiro atoms. The van der Waals surface area contributed by atoms with Gasteiger partial charge in [0.15, 0.2) is 0 Å². The lowest BCUT2D eigenvalue weighted by molar-refractivity contribution is 0.119. The lowest BCUT2D eigenvalue weighted by atomic mass is 10.1. The van der Waals surface area contributed by atoms with Crippen LogP contribution in [-0.4, -0.2) is 16.6 Å². The minimum atomic E-state index is 0.612. The number of rotatable bonds is 0. The van der Waals surface area contributed by atoms with Gasteiger partial charge >= 0.3 is 0 Å². The Hall–Kier alpha value is -2.72. The highest BCUT2D eigenvalue weighted by atomic mass is 16.5. The van der Waals surface area contributed by atoms with Gasteiger partial charge in [0.1, 0.15) is 0 Å². The predicted molar refractivity (Wildman–Crippen MR) is 95.2 cm³/mol. The van der Waals surface area contributed by atoms with E-state index in [2.05, 4.69) is 51.7 Å². The molecule has 1 aliphatic rings. The highest BCUT2D eigenvalue weighted by molar-refractivity contribution is 5.62. The molecule has 6 bridgehead atoms. The van der Waals surface area contributed by atoms with E-state index in [1.165, 1.54) is 5.56 Å². The SMILES string of the molecule is c1cc2cc(c1)Nc1nccc(n1)-c1cccc(c1)COCCC2. The zero-order chi connectivity index (χ0) is 16.2. The molecular formula is C20H19N3O. The predicted octanol–water partition coefficient (Wildman–Crippen LogP) is 4.35. The molecule has 0 saturated carbocycles. The number of hydrogen-bond acceptors (Lipinski definition) is 4. The minimum absolute atomic E-state index is 0.612. The molecule has 1 N–H and O–H groups in total. The van der Waals surface area contributed by atoms with Gasteiger partial charge in [0.2, 0.25) is 5.95 Å². The first-order chi connectivity index (χ1) is 11.9. The summed E-state index contributed by atoms with van der Waals surface area (Å²) >= 11 is 0. The van der Waals surface area contributed by atoms with E-state index in [9.17, 15) is 0 Å². The molecule has 3 aromatic rings.